The van der Waals surface area contributed by atoms with Crippen molar-refractivity contribution in [2.75, 3.05) is 0 Å². The highest BCUT2D eigenvalue weighted by Crippen LogP contribution is 2.43. The Labute approximate surface area is 329 Å². The van der Waals surface area contributed by atoms with E-state index in [9.17, 15) is 0 Å². The lowest BCUT2D eigenvalue weighted by molar-refractivity contribution is 0.673. The van der Waals surface area contributed by atoms with Gasteiger partial charge in [0.2, 0.25) is 0 Å². The van der Waals surface area contributed by atoms with Crippen LogP contribution in [0, 0.1) is 0 Å². The zero-order valence-corrected chi connectivity index (χ0v) is 30.8. The molecular formula is C53H33N3O. The Bertz CT molecular complexity index is 3280. The SMILES string of the molecule is c1ccc(-c2cccc(-c3nc(-c4ccc5cc(-c6ccccc6)ccc5c4)nc(-c4cccc5oc6c7ccccc7c(-c7ccccc7)cc6c45)n3)c2)cc1. The summed E-state index contributed by atoms with van der Waals surface area (Å²) in [5.41, 5.74) is 11.3. The third-order valence-corrected chi connectivity index (χ3v) is 10.9. The molecule has 0 radical (unpaired) electrons. The summed E-state index contributed by atoms with van der Waals surface area (Å²) >= 11 is 0. The van der Waals surface area contributed by atoms with Gasteiger partial charge >= 0.3 is 0 Å². The van der Waals surface area contributed by atoms with Gasteiger partial charge in [0.15, 0.2) is 17.5 Å². The van der Waals surface area contributed by atoms with Crippen molar-refractivity contribution in [3.05, 3.63) is 200 Å². The highest BCUT2D eigenvalue weighted by atomic mass is 16.3. The van der Waals surface area contributed by atoms with Crippen LogP contribution in [0.1, 0.15) is 0 Å². The van der Waals surface area contributed by atoms with Gasteiger partial charge in [0.05, 0.1) is 0 Å². The van der Waals surface area contributed by atoms with Crippen molar-refractivity contribution < 1.29 is 4.42 Å². The number of fused-ring (bicyclic) bond motifs is 6. The second-order valence-electron chi connectivity index (χ2n) is 14.4. The first-order chi connectivity index (χ1) is 28.2. The van der Waals surface area contributed by atoms with Crippen LogP contribution in [0.5, 0.6) is 0 Å². The van der Waals surface area contributed by atoms with E-state index >= 15 is 0 Å². The van der Waals surface area contributed by atoms with Crippen molar-refractivity contribution in [2.24, 2.45) is 0 Å². The van der Waals surface area contributed by atoms with E-state index in [1.165, 1.54) is 11.1 Å². The van der Waals surface area contributed by atoms with Crippen LogP contribution in [0.4, 0.5) is 0 Å². The summed E-state index contributed by atoms with van der Waals surface area (Å²) < 4.78 is 6.73. The lowest BCUT2D eigenvalue weighted by atomic mass is 9.94. The maximum atomic E-state index is 6.73. The van der Waals surface area contributed by atoms with Gasteiger partial charge in [-0.3, -0.25) is 0 Å². The van der Waals surface area contributed by atoms with Crippen molar-refractivity contribution >= 4 is 43.5 Å². The first-order valence-electron chi connectivity index (χ1n) is 19.2. The smallest absolute Gasteiger partial charge is 0.164 e. The predicted molar refractivity (Wildman–Crippen MR) is 235 cm³/mol. The molecule has 0 N–H and O–H groups in total. The molecule has 11 rings (SSSR count). The number of nitrogens with zero attached hydrogens (tertiary/aromatic N) is 3. The minimum Gasteiger partial charge on any atom is -0.455 e. The fourth-order valence-electron chi connectivity index (χ4n) is 8.11. The van der Waals surface area contributed by atoms with Crippen molar-refractivity contribution in [1.29, 1.82) is 0 Å². The Morgan fingerprint density at radius 2 is 0.807 bits per heavy atom. The van der Waals surface area contributed by atoms with Crippen LogP contribution in [0.2, 0.25) is 0 Å². The Morgan fingerprint density at radius 1 is 0.298 bits per heavy atom. The molecule has 57 heavy (non-hydrogen) atoms. The van der Waals surface area contributed by atoms with E-state index in [1.807, 2.05) is 24.3 Å². The van der Waals surface area contributed by atoms with Gasteiger partial charge in [-0.2, -0.15) is 0 Å². The van der Waals surface area contributed by atoms with E-state index < -0.39 is 0 Å². The van der Waals surface area contributed by atoms with E-state index in [2.05, 4.69) is 176 Å². The molecule has 0 aliphatic heterocycles. The molecule has 0 unspecified atom stereocenters. The van der Waals surface area contributed by atoms with Crippen molar-refractivity contribution in [3.63, 3.8) is 0 Å². The number of benzene rings is 9. The molecule has 0 aliphatic rings. The van der Waals surface area contributed by atoms with Crippen LogP contribution < -0.4 is 0 Å². The summed E-state index contributed by atoms with van der Waals surface area (Å²) in [6, 6.07) is 69.9. The summed E-state index contributed by atoms with van der Waals surface area (Å²) in [5.74, 6) is 1.80. The Hall–Kier alpha value is -7.69. The summed E-state index contributed by atoms with van der Waals surface area (Å²) in [6.45, 7) is 0. The molecule has 0 fully saturated rings. The lowest BCUT2D eigenvalue weighted by Gasteiger charge is -2.11. The number of furan rings is 1. The van der Waals surface area contributed by atoms with Crippen molar-refractivity contribution in [2.45, 2.75) is 0 Å². The van der Waals surface area contributed by atoms with E-state index in [-0.39, 0.29) is 0 Å². The molecule has 2 aromatic heterocycles. The van der Waals surface area contributed by atoms with E-state index in [4.69, 9.17) is 19.4 Å². The van der Waals surface area contributed by atoms with Gasteiger partial charge in [-0.15, -0.1) is 0 Å². The molecule has 0 saturated carbocycles. The van der Waals surface area contributed by atoms with Crippen LogP contribution in [0.25, 0.3) is 111 Å². The number of rotatable bonds is 6. The molecule has 0 amide bonds. The summed E-state index contributed by atoms with van der Waals surface area (Å²) in [5, 5.41) is 6.48. The quantitative estimate of drug-likeness (QED) is 0.171. The Kier molecular flexibility index (Phi) is 7.78. The molecule has 0 atom stereocenters. The second kappa shape index (κ2) is 13.6. The molecule has 9 aromatic carbocycles. The minimum atomic E-state index is 0.586. The van der Waals surface area contributed by atoms with Gasteiger partial charge in [-0.25, -0.2) is 15.0 Å². The average molecular weight is 728 g/mol. The maximum absolute atomic E-state index is 6.73. The predicted octanol–water partition coefficient (Wildman–Crippen LogP) is 14.1. The molecule has 0 spiro atoms. The molecule has 4 heteroatoms. The van der Waals surface area contributed by atoms with Crippen molar-refractivity contribution in [3.8, 4) is 67.5 Å². The molecular weight excluding hydrogens is 695 g/mol. The second-order valence-corrected chi connectivity index (χ2v) is 14.4. The fourth-order valence-corrected chi connectivity index (χ4v) is 8.11. The van der Waals surface area contributed by atoms with E-state index in [1.54, 1.807) is 0 Å². The van der Waals surface area contributed by atoms with Crippen LogP contribution in [-0.4, -0.2) is 15.0 Å². The largest absolute Gasteiger partial charge is 0.455 e. The normalized spacial score (nSPS) is 11.5. The summed E-state index contributed by atoms with van der Waals surface area (Å²) in [7, 11) is 0. The van der Waals surface area contributed by atoms with Crippen LogP contribution >= 0.6 is 0 Å². The molecule has 2 heterocycles. The molecule has 0 bridgehead atoms. The Balaban J connectivity index is 1.13. The average Bonchev–Trinajstić information content (AvgIpc) is 3.68. The van der Waals surface area contributed by atoms with Gasteiger partial charge in [0.25, 0.3) is 0 Å². The molecule has 266 valence electrons. The zero-order chi connectivity index (χ0) is 37.7. The monoisotopic (exact) mass is 727 g/mol. The van der Waals surface area contributed by atoms with Gasteiger partial charge in [0.1, 0.15) is 11.2 Å². The molecule has 11 aromatic rings. The zero-order valence-electron chi connectivity index (χ0n) is 30.8. The highest BCUT2D eigenvalue weighted by molar-refractivity contribution is 6.22. The third kappa shape index (κ3) is 5.83. The molecule has 0 aliphatic carbocycles. The van der Waals surface area contributed by atoms with E-state index in [0.29, 0.717) is 17.5 Å². The van der Waals surface area contributed by atoms with E-state index in [0.717, 1.165) is 82.4 Å². The fraction of sp³-hybridized carbons (Fsp3) is 0. The standard InChI is InChI=1S/C53H33N3O/c1-4-14-34(15-5-1)37-20-12-21-41(31-37)51-54-52(42-29-28-39-30-38(26-27-40(39)32-42)35-16-6-2-7-17-35)56-53(55-51)45-24-13-25-48-49(45)47-33-46(36-18-8-3-9-19-36)43-22-10-11-23-44(43)50(47)57-48/h1-33H. The summed E-state index contributed by atoms with van der Waals surface area (Å²) in [4.78, 5) is 15.7. The van der Waals surface area contributed by atoms with Gasteiger partial charge in [-0.1, -0.05) is 170 Å². The third-order valence-electron chi connectivity index (χ3n) is 10.9. The molecule has 0 saturated heterocycles. The number of hydrogen-bond acceptors (Lipinski definition) is 4. The topological polar surface area (TPSA) is 51.8 Å². The van der Waals surface area contributed by atoms with Gasteiger partial charge < -0.3 is 4.42 Å². The molecule has 4 nitrogen and oxygen atoms in total. The van der Waals surface area contributed by atoms with Crippen LogP contribution in [0.3, 0.4) is 0 Å². The number of hydrogen-bond donors (Lipinski definition) is 0. The maximum Gasteiger partial charge on any atom is 0.164 e. The Morgan fingerprint density at radius 3 is 1.51 bits per heavy atom. The van der Waals surface area contributed by atoms with Gasteiger partial charge in [-0.05, 0) is 79.9 Å². The van der Waals surface area contributed by atoms with Gasteiger partial charge in [0, 0.05) is 32.8 Å². The van der Waals surface area contributed by atoms with Crippen molar-refractivity contribution in [1.82, 2.24) is 15.0 Å². The summed E-state index contributed by atoms with van der Waals surface area (Å²) in [6.07, 6.45) is 0. The first-order valence-corrected chi connectivity index (χ1v) is 19.2. The lowest BCUT2D eigenvalue weighted by Crippen LogP contribution is -2.00. The van der Waals surface area contributed by atoms with Crippen LogP contribution in [0.15, 0.2) is 205 Å². The number of aromatic nitrogens is 3. The van der Waals surface area contributed by atoms with Crippen LogP contribution in [-0.2, 0) is 0 Å². The first kappa shape index (κ1) is 32.7. The highest BCUT2D eigenvalue weighted by Gasteiger charge is 2.21. The minimum absolute atomic E-state index is 0.586.